The van der Waals surface area contributed by atoms with E-state index in [1.165, 1.54) is 0 Å². The van der Waals surface area contributed by atoms with Crippen LogP contribution >= 0.6 is 0 Å². The molecule has 2 aromatic carbocycles. The number of aromatic nitrogens is 2. The quantitative estimate of drug-likeness (QED) is 0.762. The normalized spacial score (nSPS) is 10.4. The van der Waals surface area contributed by atoms with Crippen LogP contribution in [0.5, 0.6) is 0 Å². The lowest BCUT2D eigenvalue weighted by molar-refractivity contribution is 0.100. The van der Waals surface area contributed by atoms with Crippen molar-refractivity contribution in [3.8, 4) is 22.4 Å². The molecule has 4 heteroatoms. The van der Waals surface area contributed by atoms with Gasteiger partial charge in [-0.3, -0.25) is 9.89 Å². The van der Waals surface area contributed by atoms with Crippen molar-refractivity contribution < 1.29 is 4.79 Å². The maximum atomic E-state index is 11.5. The van der Waals surface area contributed by atoms with Crippen molar-refractivity contribution >= 4 is 5.91 Å². The van der Waals surface area contributed by atoms with Gasteiger partial charge in [-0.1, -0.05) is 36.4 Å². The highest BCUT2D eigenvalue weighted by Gasteiger charge is 2.13. The molecule has 0 aliphatic rings. The first-order valence-electron chi connectivity index (χ1n) is 6.25. The molecule has 0 aliphatic heterocycles. The molecule has 0 saturated heterocycles. The van der Waals surface area contributed by atoms with Crippen LogP contribution in [0.2, 0.25) is 0 Å². The topological polar surface area (TPSA) is 71.8 Å². The van der Waals surface area contributed by atoms with Crippen LogP contribution in [0.25, 0.3) is 22.4 Å². The Hall–Kier alpha value is -2.88. The summed E-state index contributed by atoms with van der Waals surface area (Å²) in [5.41, 5.74) is 9.45. The molecule has 0 fully saturated rings. The van der Waals surface area contributed by atoms with Crippen molar-refractivity contribution in [1.29, 1.82) is 0 Å². The highest BCUT2D eigenvalue weighted by molar-refractivity contribution is 6.00. The van der Waals surface area contributed by atoms with Crippen molar-refractivity contribution in [1.82, 2.24) is 10.2 Å². The second-order valence-corrected chi connectivity index (χ2v) is 4.45. The third-order valence-corrected chi connectivity index (χ3v) is 3.17. The zero-order valence-electron chi connectivity index (χ0n) is 10.7. The van der Waals surface area contributed by atoms with Gasteiger partial charge in [0, 0.05) is 17.3 Å². The summed E-state index contributed by atoms with van der Waals surface area (Å²) < 4.78 is 0. The number of hydrogen-bond acceptors (Lipinski definition) is 2. The summed E-state index contributed by atoms with van der Waals surface area (Å²) in [4.78, 5) is 11.5. The lowest BCUT2D eigenvalue weighted by Gasteiger charge is -2.08. The van der Waals surface area contributed by atoms with E-state index in [-0.39, 0.29) is 0 Å². The first-order chi connectivity index (χ1) is 9.75. The summed E-state index contributed by atoms with van der Waals surface area (Å²) >= 11 is 0. The van der Waals surface area contributed by atoms with Gasteiger partial charge in [-0.15, -0.1) is 0 Å². The highest BCUT2D eigenvalue weighted by atomic mass is 16.1. The molecule has 1 aromatic heterocycles. The monoisotopic (exact) mass is 263 g/mol. The number of rotatable bonds is 3. The van der Waals surface area contributed by atoms with Gasteiger partial charge in [-0.2, -0.15) is 5.10 Å². The predicted molar refractivity (Wildman–Crippen MR) is 78.0 cm³/mol. The third kappa shape index (κ3) is 2.19. The van der Waals surface area contributed by atoms with Crippen LogP contribution in [-0.4, -0.2) is 16.1 Å². The molecule has 20 heavy (non-hydrogen) atoms. The minimum Gasteiger partial charge on any atom is -0.366 e. The summed E-state index contributed by atoms with van der Waals surface area (Å²) in [6, 6.07) is 17.4. The molecule has 0 aliphatic carbocycles. The number of carbonyl (C=O) groups is 1. The van der Waals surface area contributed by atoms with Crippen molar-refractivity contribution in [2.45, 2.75) is 0 Å². The average Bonchev–Trinajstić information content (AvgIpc) is 3.01. The molecular weight excluding hydrogens is 250 g/mol. The summed E-state index contributed by atoms with van der Waals surface area (Å²) in [5, 5.41) is 6.88. The van der Waals surface area contributed by atoms with Crippen LogP contribution in [0, 0.1) is 0 Å². The zero-order valence-corrected chi connectivity index (χ0v) is 10.7. The predicted octanol–water partition coefficient (Wildman–Crippen LogP) is 2.84. The average molecular weight is 263 g/mol. The minimum atomic E-state index is -0.456. The van der Waals surface area contributed by atoms with Gasteiger partial charge in [0.05, 0.1) is 5.69 Å². The maximum Gasteiger partial charge on any atom is 0.249 e. The summed E-state index contributed by atoms with van der Waals surface area (Å²) in [7, 11) is 0. The van der Waals surface area contributed by atoms with E-state index in [4.69, 9.17) is 5.73 Å². The van der Waals surface area contributed by atoms with Gasteiger partial charge in [0.25, 0.3) is 0 Å². The van der Waals surface area contributed by atoms with E-state index >= 15 is 0 Å². The Morgan fingerprint density at radius 2 is 1.80 bits per heavy atom. The van der Waals surface area contributed by atoms with E-state index in [1.807, 2.05) is 48.5 Å². The third-order valence-electron chi connectivity index (χ3n) is 3.17. The molecule has 0 atom stereocenters. The number of aromatic amines is 1. The van der Waals surface area contributed by atoms with Crippen LogP contribution in [0.15, 0.2) is 60.8 Å². The molecule has 0 unspecified atom stereocenters. The first-order valence-corrected chi connectivity index (χ1v) is 6.25. The van der Waals surface area contributed by atoms with Crippen molar-refractivity contribution in [2.75, 3.05) is 0 Å². The van der Waals surface area contributed by atoms with Crippen LogP contribution in [0.4, 0.5) is 0 Å². The lowest BCUT2D eigenvalue weighted by atomic mass is 9.97. The molecule has 1 heterocycles. The zero-order chi connectivity index (χ0) is 13.9. The standard InChI is InChI=1S/C16H13N3O/c17-16(20)13-7-6-12(11-4-2-1-3-5-11)10-14(13)15-8-9-18-19-15/h1-10H,(H2,17,20)(H,18,19). The molecule has 0 radical (unpaired) electrons. The van der Waals surface area contributed by atoms with Crippen LogP contribution < -0.4 is 5.73 Å². The molecule has 3 aromatic rings. The van der Waals surface area contributed by atoms with Crippen molar-refractivity contribution in [3.63, 3.8) is 0 Å². The number of nitrogens with two attached hydrogens (primary N) is 1. The number of primary amides is 1. The van der Waals surface area contributed by atoms with E-state index in [0.29, 0.717) is 11.3 Å². The number of amides is 1. The lowest BCUT2D eigenvalue weighted by Crippen LogP contribution is -2.12. The smallest absolute Gasteiger partial charge is 0.249 e. The Morgan fingerprint density at radius 3 is 2.45 bits per heavy atom. The Kier molecular flexibility index (Phi) is 3.05. The summed E-state index contributed by atoms with van der Waals surface area (Å²) in [6.07, 6.45) is 1.72. The van der Waals surface area contributed by atoms with E-state index in [0.717, 1.165) is 16.7 Å². The maximum absolute atomic E-state index is 11.5. The summed E-state index contributed by atoms with van der Waals surface area (Å²) in [6.45, 7) is 0. The Morgan fingerprint density at radius 1 is 1.00 bits per heavy atom. The Balaban J connectivity index is 2.17. The number of hydrogen-bond donors (Lipinski definition) is 2. The Labute approximate surface area is 116 Å². The van der Waals surface area contributed by atoms with E-state index in [9.17, 15) is 4.79 Å². The molecule has 0 saturated carbocycles. The van der Waals surface area contributed by atoms with Crippen molar-refractivity contribution in [3.05, 3.63) is 66.4 Å². The molecule has 3 N–H and O–H groups in total. The molecule has 3 rings (SSSR count). The number of benzene rings is 2. The van der Waals surface area contributed by atoms with E-state index in [1.54, 1.807) is 12.3 Å². The fraction of sp³-hybridized carbons (Fsp3) is 0. The van der Waals surface area contributed by atoms with Gasteiger partial charge in [0.1, 0.15) is 0 Å². The fourth-order valence-corrected chi connectivity index (χ4v) is 2.19. The second-order valence-electron chi connectivity index (χ2n) is 4.45. The fourth-order valence-electron chi connectivity index (χ4n) is 2.19. The molecule has 4 nitrogen and oxygen atoms in total. The molecule has 1 amide bonds. The SMILES string of the molecule is NC(=O)c1ccc(-c2ccccc2)cc1-c1cc[nH]n1. The second kappa shape index (κ2) is 5.01. The van der Waals surface area contributed by atoms with Crippen LogP contribution in [-0.2, 0) is 0 Å². The highest BCUT2D eigenvalue weighted by Crippen LogP contribution is 2.28. The number of H-pyrrole nitrogens is 1. The number of nitrogens with one attached hydrogen (secondary N) is 1. The first kappa shape index (κ1) is 12.2. The van der Waals surface area contributed by atoms with Crippen molar-refractivity contribution in [2.24, 2.45) is 5.73 Å². The molecular formula is C16H13N3O. The molecule has 0 bridgehead atoms. The molecule has 0 spiro atoms. The van der Waals surface area contributed by atoms with E-state index in [2.05, 4.69) is 10.2 Å². The van der Waals surface area contributed by atoms with Gasteiger partial charge in [-0.05, 0) is 29.3 Å². The molecule has 98 valence electrons. The summed E-state index contributed by atoms with van der Waals surface area (Å²) in [5.74, 6) is -0.456. The Bertz CT molecular complexity index is 734. The van der Waals surface area contributed by atoms with Gasteiger partial charge in [0.15, 0.2) is 0 Å². The van der Waals surface area contributed by atoms with Crippen LogP contribution in [0.1, 0.15) is 10.4 Å². The minimum absolute atomic E-state index is 0.456. The van der Waals surface area contributed by atoms with Gasteiger partial charge < -0.3 is 5.73 Å². The largest absolute Gasteiger partial charge is 0.366 e. The number of carbonyl (C=O) groups excluding carboxylic acids is 1. The van der Waals surface area contributed by atoms with Gasteiger partial charge in [0.2, 0.25) is 5.91 Å². The number of nitrogens with zero attached hydrogens (tertiary/aromatic N) is 1. The van der Waals surface area contributed by atoms with Gasteiger partial charge in [-0.25, -0.2) is 0 Å². The van der Waals surface area contributed by atoms with E-state index < -0.39 is 5.91 Å². The van der Waals surface area contributed by atoms with Crippen LogP contribution in [0.3, 0.4) is 0 Å². The van der Waals surface area contributed by atoms with Gasteiger partial charge >= 0.3 is 0 Å².